The molecule has 2 aromatic rings. The summed E-state index contributed by atoms with van der Waals surface area (Å²) < 4.78 is 37.3. The fraction of sp³-hybridized carbons (Fsp3) is 0.355. The third kappa shape index (κ3) is 5.68. The normalized spacial score (nSPS) is 18.8. The molecular weight excluding hydrogens is 541 g/mol. The van der Waals surface area contributed by atoms with Gasteiger partial charge in [0, 0.05) is 53.2 Å². The number of para-hydroxylation sites is 1. The highest BCUT2D eigenvalue weighted by Gasteiger charge is 2.44. The Hall–Kier alpha value is -3.14. The monoisotopic (exact) mass is 578 g/mol. The van der Waals surface area contributed by atoms with Gasteiger partial charge in [0.2, 0.25) is 5.69 Å². The lowest BCUT2D eigenvalue weighted by Gasteiger charge is -2.25. The average molecular weight is 579 g/mol. The van der Waals surface area contributed by atoms with E-state index in [9.17, 15) is 13.0 Å². The molecule has 2 aromatic carbocycles. The molecule has 2 aliphatic rings. The van der Waals surface area contributed by atoms with Gasteiger partial charge >= 0.3 is 0 Å². The number of hydrogen-bond donors (Lipinski definition) is 2. The summed E-state index contributed by atoms with van der Waals surface area (Å²) in [7, 11) is -4.53. The minimum atomic E-state index is -4.53. The van der Waals surface area contributed by atoms with Crippen molar-refractivity contribution in [3.63, 3.8) is 0 Å². The van der Waals surface area contributed by atoms with Crippen molar-refractivity contribution >= 4 is 44.1 Å². The Kier molecular flexibility index (Phi) is 8.49. The number of fused-ring (bicyclic) bond motifs is 2. The Balaban J connectivity index is 1.61. The molecule has 2 heterocycles. The molecule has 4 rings (SSSR count). The van der Waals surface area contributed by atoms with Crippen molar-refractivity contribution in [1.82, 2.24) is 0 Å². The van der Waals surface area contributed by atoms with Crippen LogP contribution in [0.3, 0.4) is 0 Å². The van der Waals surface area contributed by atoms with Crippen LogP contribution in [0.4, 0.5) is 11.4 Å². The lowest BCUT2D eigenvalue weighted by molar-refractivity contribution is -0.437. The topological polar surface area (TPSA) is 113 Å². The fourth-order valence-corrected chi connectivity index (χ4v) is 6.79. The molecule has 0 fully saturated rings. The zero-order valence-electron chi connectivity index (χ0n) is 23.8. The second-order valence-corrected chi connectivity index (χ2v) is 13.6. The van der Waals surface area contributed by atoms with Crippen LogP contribution in [-0.2, 0) is 20.9 Å². The highest BCUT2D eigenvalue weighted by molar-refractivity contribution is 8.13. The van der Waals surface area contributed by atoms with E-state index in [4.69, 9.17) is 11.1 Å². The Bertz CT molecular complexity index is 1550. The number of thioether (sulfide) groups is 1. The smallest absolute Gasteiger partial charge is 0.209 e. The summed E-state index contributed by atoms with van der Waals surface area (Å²) in [6, 6.07) is 13.2. The first kappa shape index (κ1) is 29.8. The van der Waals surface area contributed by atoms with E-state index in [1.165, 1.54) is 40.9 Å². The minimum Gasteiger partial charge on any atom is -0.744 e. The molecule has 0 spiro atoms. The molecule has 0 aliphatic carbocycles. The van der Waals surface area contributed by atoms with Gasteiger partial charge in [0.15, 0.2) is 10.9 Å². The van der Waals surface area contributed by atoms with Gasteiger partial charge < -0.3 is 15.2 Å². The predicted molar refractivity (Wildman–Crippen MR) is 165 cm³/mol. The number of nitrogens with one attached hydrogen (secondary N) is 1. The molecule has 0 bridgehead atoms. The van der Waals surface area contributed by atoms with Gasteiger partial charge in [-0.3, -0.25) is 5.41 Å². The number of likely N-dealkylation sites (N-methyl/N-ethyl adjacent to an activating group) is 1. The number of anilines is 1. The van der Waals surface area contributed by atoms with Crippen molar-refractivity contribution in [2.24, 2.45) is 5.73 Å². The Morgan fingerprint density at radius 3 is 2.48 bits per heavy atom. The molecule has 212 valence electrons. The van der Waals surface area contributed by atoms with Gasteiger partial charge in [-0.15, -0.1) is 0 Å². The molecule has 0 saturated heterocycles. The SMILES string of the molecule is CCN1/C(=C/C=C/C=C/C2=[N+](CCCSC(=N)N)c3ccccc3C2(C)C)C(C)(C)c2cc(S(=O)(=O)[O-])ccc21. The van der Waals surface area contributed by atoms with Crippen molar-refractivity contribution in [1.29, 1.82) is 5.41 Å². The van der Waals surface area contributed by atoms with Gasteiger partial charge in [0.25, 0.3) is 0 Å². The predicted octanol–water partition coefficient (Wildman–Crippen LogP) is 5.80. The zero-order valence-corrected chi connectivity index (χ0v) is 25.4. The molecule has 2 aliphatic heterocycles. The van der Waals surface area contributed by atoms with E-state index in [0.29, 0.717) is 0 Å². The van der Waals surface area contributed by atoms with E-state index >= 15 is 0 Å². The molecule has 0 amide bonds. The maximum absolute atomic E-state index is 11.6. The quantitative estimate of drug-likeness (QED) is 0.0971. The maximum atomic E-state index is 11.6. The Morgan fingerprint density at radius 2 is 1.80 bits per heavy atom. The van der Waals surface area contributed by atoms with Crippen LogP contribution in [0, 0.1) is 5.41 Å². The van der Waals surface area contributed by atoms with Crippen molar-refractivity contribution in [2.75, 3.05) is 23.7 Å². The summed E-state index contributed by atoms with van der Waals surface area (Å²) in [5.74, 6) is 0.799. The first-order valence-electron chi connectivity index (χ1n) is 13.4. The van der Waals surface area contributed by atoms with E-state index in [0.717, 1.165) is 42.2 Å². The van der Waals surface area contributed by atoms with Crippen molar-refractivity contribution in [2.45, 2.75) is 56.8 Å². The number of allylic oxidation sites excluding steroid dienone is 6. The lowest BCUT2D eigenvalue weighted by atomic mass is 9.81. The molecular formula is C31H38N4O3S2. The molecule has 0 saturated carbocycles. The van der Waals surface area contributed by atoms with Crippen LogP contribution in [0.2, 0.25) is 0 Å². The van der Waals surface area contributed by atoms with Gasteiger partial charge in [0.1, 0.15) is 16.7 Å². The van der Waals surface area contributed by atoms with Gasteiger partial charge in [-0.1, -0.05) is 62.0 Å². The molecule has 0 aromatic heterocycles. The molecule has 7 nitrogen and oxygen atoms in total. The summed E-state index contributed by atoms with van der Waals surface area (Å²) in [5.41, 5.74) is 11.4. The van der Waals surface area contributed by atoms with Crippen molar-refractivity contribution < 1.29 is 17.5 Å². The number of nitrogens with zero attached hydrogens (tertiary/aromatic N) is 2. The van der Waals surface area contributed by atoms with Crippen LogP contribution in [0.5, 0.6) is 0 Å². The first-order chi connectivity index (χ1) is 18.8. The summed E-state index contributed by atoms with van der Waals surface area (Å²) in [5, 5.41) is 7.62. The van der Waals surface area contributed by atoms with E-state index in [1.807, 2.05) is 12.2 Å². The van der Waals surface area contributed by atoms with Crippen LogP contribution < -0.4 is 10.6 Å². The second-order valence-electron chi connectivity index (χ2n) is 11.0. The van der Waals surface area contributed by atoms with Crippen LogP contribution >= 0.6 is 11.8 Å². The van der Waals surface area contributed by atoms with Gasteiger partial charge in [-0.05, 0) is 50.6 Å². The van der Waals surface area contributed by atoms with Crippen LogP contribution in [0.1, 0.15) is 52.2 Å². The molecule has 9 heteroatoms. The molecule has 0 unspecified atom stereocenters. The van der Waals surface area contributed by atoms with Gasteiger partial charge in [-0.2, -0.15) is 4.58 Å². The highest BCUT2D eigenvalue weighted by Crippen LogP contribution is 2.48. The number of nitrogens with two attached hydrogens (primary N) is 1. The Labute approximate surface area is 242 Å². The number of rotatable bonds is 9. The molecule has 40 heavy (non-hydrogen) atoms. The number of benzene rings is 2. The molecule has 3 N–H and O–H groups in total. The third-order valence-electron chi connectivity index (χ3n) is 7.78. The summed E-state index contributed by atoms with van der Waals surface area (Å²) >= 11 is 1.37. The highest BCUT2D eigenvalue weighted by atomic mass is 32.2. The lowest BCUT2D eigenvalue weighted by Crippen LogP contribution is -2.28. The average Bonchev–Trinajstić information content (AvgIpc) is 3.24. The third-order valence-corrected chi connectivity index (χ3v) is 9.42. The summed E-state index contributed by atoms with van der Waals surface area (Å²) in [6.45, 7) is 12.2. The van der Waals surface area contributed by atoms with Crippen LogP contribution in [0.25, 0.3) is 0 Å². The zero-order chi connectivity index (χ0) is 29.3. The second kappa shape index (κ2) is 11.4. The largest absolute Gasteiger partial charge is 0.744 e. The fourth-order valence-electron chi connectivity index (χ4n) is 5.79. The van der Waals surface area contributed by atoms with E-state index < -0.39 is 15.5 Å². The van der Waals surface area contributed by atoms with Gasteiger partial charge in [-0.25, -0.2) is 8.42 Å². The number of hydrogen-bond acceptors (Lipinski definition) is 6. The van der Waals surface area contributed by atoms with Gasteiger partial charge in [0.05, 0.1) is 10.3 Å². The Morgan fingerprint density at radius 1 is 1.07 bits per heavy atom. The van der Waals surface area contributed by atoms with Crippen molar-refractivity contribution in [3.05, 3.63) is 89.7 Å². The van der Waals surface area contributed by atoms with Crippen LogP contribution in [-0.4, -0.2) is 47.3 Å². The molecule has 0 atom stereocenters. The minimum absolute atomic E-state index is 0.150. The maximum Gasteiger partial charge on any atom is 0.209 e. The van der Waals surface area contributed by atoms with E-state index in [1.54, 1.807) is 6.07 Å². The van der Waals surface area contributed by atoms with Crippen molar-refractivity contribution in [3.8, 4) is 0 Å². The standard InChI is InChI=1S/C31H38N4O3S2/c1-6-34-26-18-17-22(40(36,37)38)21-24(26)31(4,5)27(34)15-8-7-9-16-28-30(2,3)23-13-10-11-14-25(23)35(28)19-12-20-39-29(32)33/h7-11,13-18,21H,6,12,19-20H2,1-5H3,(H3-,32,33,36,37,38). The van der Waals surface area contributed by atoms with E-state index in [2.05, 4.69) is 86.6 Å². The first-order valence-corrected chi connectivity index (χ1v) is 15.8. The molecule has 0 radical (unpaired) electrons. The van der Waals surface area contributed by atoms with Crippen LogP contribution in [0.15, 0.2) is 83.4 Å². The summed E-state index contributed by atoms with van der Waals surface area (Å²) in [4.78, 5) is 1.97. The summed E-state index contributed by atoms with van der Waals surface area (Å²) in [6.07, 6.45) is 11.2. The van der Waals surface area contributed by atoms with E-state index in [-0.39, 0.29) is 15.5 Å². The number of amidine groups is 1.